The average Bonchev–Trinajstić information content (AvgIpc) is 2.30. The molecule has 1 atom stereocenters. The van der Waals surface area contributed by atoms with Crippen molar-refractivity contribution >= 4 is 0 Å². The molecule has 1 rings (SSSR count). The van der Waals surface area contributed by atoms with Crippen molar-refractivity contribution in [2.24, 2.45) is 5.84 Å². The van der Waals surface area contributed by atoms with E-state index in [1.807, 2.05) is 33.8 Å². The van der Waals surface area contributed by atoms with E-state index in [4.69, 9.17) is 15.3 Å². The van der Waals surface area contributed by atoms with Gasteiger partial charge in [-0.1, -0.05) is 0 Å². The van der Waals surface area contributed by atoms with Crippen LogP contribution in [0, 0.1) is 0 Å². The summed E-state index contributed by atoms with van der Waals surface area (Å²) in [6, 6.07) is 1.78. The minimum atomic E-state index is -0.421. The summed E-state index contributed by atoms with van der Waals surface area (Å²) in [6.45, 7) is 9.13. The van der Waals surface area contributed by atoms with Crippen LogP contribution in [0.15, 0.2) is 18.5 Å². The highest BCUT2D eigenvalue weighted by Crippen LogP contribution is 2.29. The van der Waals surface area contributed by atoms with Crippen LogP contribution in [0.4, 0.5) is 0 Å². The molecule has 0 aliphatic rings. The van der Waals surface area contributed by atoms with Crippen molar-refractivity contribution in [3.05, 3.63) is 24.0 Å². The Labute approximate surface area is 109 Å². The second kappa shape index (κ2) is 6.68. The molecule has 0 saturated carbocycles. The van der Waals surface area contributed by atoms with E-state index in [1.54, 1.807) is 12.4 Å². The van der Waals surface area contributed by atoms with Crippen LogP contribution in [0.5, 0.6) is 5.75 Å². The van der Waals surface area contributed by atoms with Crippen molar-refractivity contribution in [1.82, 2.24) is 10.4 Å². The number of rotatable bonds is 7. The maximum Gasteiger partial charge on any atom is 0.137 e. The molecule has 5 heteroatoms. The van der Waals surface area contributed by atoms with Gasteiger partial charge < -0.3 is 9.47 Å². The quantitative estimate of drug-likeness (QED) is 0.573. The molecule has 0 saturated heterocycles. The smallest absolute Gasteiger partial charge is 0.137 e. The molecular weight excluding hydrogens is 230 g/mol. The summed E-state index contributed by atoms with van der Waals surface area (Å²) in [5.41, 5.74) is 3.32. The van der Waals surface area contributed by atoms with E-state index >= 15 is 0 Å². The van der Waals surface area contributed by atoms with E-state index < -0.39 is 5.60 Å². The molecule has 102 valence electrons. The summed E-state index contributed by atoms with van der Waals surface area (Å²) in [6.07, 6.45) is 3.46. The first-order chi connectivity index (χ1) is 8.55. The van der Waals surface area contributed by atoms with Crippen LogP contribution in [-0.2, 0) is 4.74 Å². The van der Waals surface area contributed by atoms with Gasteiger partial charge in [-0.15, -0.1) is 0 Å². The Balaban J connectivity index is 2.97. The van der Waals surface area contributed by atoms with Gasteiger partial charge in [-0.05, 0) is 39.3 Å². The van der Waals surface area contributed by atoms with E-state index in [0.29, 0.717) is 13.2 Å². The van der Waals surface area contributed by atoms with Gasteiger partial charge in [0.2, 0.25) is 0 Å². The lowest BCUT2D eigenvalue weighted by Crippen LogP contribution is -2.44. The second-order valence-electron chi connectivity index (χ2n) is 4.52. The first-order valence-electron chi connectivity index (χ1n) is 6.23. The fourth-order valence-electron chi connectivity index (χ4n) is 1.99. The predicted octanol–water partition coefficient (Wildman–Crippen LogP) is 1.80. The van der Waals surface area contributed by atoms with Gasteiger partial charge in [-0.25, -0.2) is 0 Å². The summed E-state index contributed by atoms with van der Waals surface area (Å²) in [5.74, 6) is 6.39. The van der Waals surface area contributed by atoms with Crippen molar-refractivity contribution < 1.29 is 9.47 Å². The van der Waals surface area contributed by atoms with Crippen LogP contribution in [0.3, 0.4) is 0 Å². The monoisotopic (exact) mass is 253 g/mol. The molecule has 18 heavy (non-hydrogen) atoms. The van der Waals surface area contributed by atoms with Crippen LogP contribution in [0.2, 0.25) is 0 Å². The molecule has 1 aromatic heterocycles. The number of hydrogen-bond acceptors (Lipinski definition) is 5. The molecule has 0 aliphatic carbocycles. The highest BCUT2D eigenvalue weighted by atomic mass is 16.5. The summed E-state index contributed by atoms with van der Waals surface area (Å²) < 4.78 is 11.2. The van der Waals surface area contributed by atoms with Crippen molar-refractivity contribution in [1.29, 1.82) is 0 Å². The lowest BCUT2D eigenvalue weighted by Gasteiger charge is -2.33. The Bertz CT molecular complexity index is 369. The number of nitrogens with zero attached hydrogens (tertiary/aromatic N) is 1. The Morgan fingerprint density at radius 3 is 2.61 bits per heavy atom. The van der Waals surface area contributed by atoms with Crippen molar-refractivity contribution in [3.63, 3.8) is 0 Å². The van der Waals surface area contributed by atoms with E-state index in [1.165, 1.54) is 0 Å². The largest absolute Gasteiger partial charge is 0.492 e. The van der Waals surface area contributed by atoms with Crippen LogP contribution in [-0.4, -0.2) is 23.8 Å². The van der Waals surface area contributed by atoms with Crippen molar-refractivity contribution in [2.75, 3.05) is 13.2 Å². The van der Waals surface area contributed by atoms with Crippen LogP contribution in [0.1, 0.15) is 39.3 Å². The topological polar surface area (TPSA) is 69.4 Å². The number of hydrogen-bond donors (Lipinski definition) is 2. The molecule has 0 aromatic carbocycles. The van der Waals surface area contributed by atoms with E-state index in [2.05, 4.69) is 10.4 Å². The number of nitrogens with two attached hydrogens (primary N) is 1. The van der Waals surface area contributed by atoms with Crippen molar-refractivity contribution in [3.8, 4) is 5.75 Å². The van der Waals surface area contributed by atoms with Gasteiger partial charge in [0.1, 0.15) is 5.75 Å². The van der Waals surface area contributed by atoms with Gasteiger partial charge in [0.05, 0.1) is 24.4 Å². The van der Waals surface area contributed by atoms with E-state index in [-0.39, 0.29) is 6.04 Å². The number of nitrogens with one attached hydrogen (secondary N) is 1. The zero-order chi connectivity index (χ0) is 13.6. The summed E-state index contributed by atoms with van der Waals surface area (Å²) in [4.78, 5) is 4.17. The lowest BCUT2D eigenvalue weighted by molar-refractivity contribution is -0.0393. The third-order valence-corrected chi connectivity index (χ3v) is 2.76. The molecule has 1 aromatic rings. The Morgan fingerprint density at radius 1 is 1.33 bits per heavy atom. The maximum atomic E-state index is 5.73. The molecule has 1 heterocycles. The summed E-state index contributed by atoms with van der Waals surface area (Å²) in [5, 5.41) is 0. The SMILES string of the molecule is CCOc1cncc(C(NN)C(C)(C)OCC)c1. The molecule has 1 unspecified atom stereocenters. The molecular formula is C13H23N3O2. The molecule has 0 bridgehead atoms. The third kappa shape index (κ3) is 3.66. The maximum absolute atomic E-state index is 5.73. The first-order valence-corrected chi connectivity index (χ1v) is 6.23. The van der Waals surface area contributed by atoms with Crippen molar-refractivity contribution in [2.45, 2.75) is 39.3 Å². The average molecular weight is 253 g/mol. The molecule has 5 nitrogen and oxygen atoms in total. The Kier molecular flexibility index (Phi) is 5.53. The molecule has 0 radical (unpaired) electrons. The van der Waals surface area contributed by atoms with Crippen LogP contribution >= 0.6 is 0 Å². The summed E-state index contributed by atoms with van der Waals surface area (Å²) >= 11 is 0. The first kappa shape index (κ1) is 14.9. The molecule has 0 aliphatic heterocycles. The number of pyridine rings is 1. The fraction of sp³-hybridized carbons (Fsp3) is 0.615. The summed E-state index contributed by atoms with van der Waals surface area (Å²) in [7, 11) is 0. The molecule has 0 spiro atoms. The van der Waals surface area contributed by atoms with Gasteiger partial charge >= 0.3 is 0 Å². The van der Waals surface area contributed by atoms with E-state index in [9.17, 15) is 0 Å². The molecule has 0 amide bonds. The number of ether oxygens (including phenoxy) is 2. The number of aromatic nitrogens is 1. The zero-order valence-electron chi connectivity index (χ0n) is 11.6. The molecule has 3 N–H and O–H groups in total. The predicted molar refractivity (Wildman–Crippen MR) is 71.2 cm³/mol. The lowest BCUT2D eigenvalue weighted by atomic mass is 9.93. The highest BCUT2D eigenvalue weighted by molar-refractivity contribution is 5.27. The standard InChI is InChI=1S/C13H23N3O2/c1-5-17-11-7-10(8-15-9-11)12(16-14)13(3,4)18-6-2/h7-9,12,16H,5-6,14H2,1-4H3. The Morgan fingerprint density at radius 2 is 2.06 bits per heavy atom. The Hall–Kier alpha value is -1.17. The minimum Gasteiger partial charge on any atom is -0.492 e. The van der Waals surface area contributed by atoms with Crippen LogP contribution < -0.4 is 16.0 Å². The second-order valence-corrected chi connectivity index (χ2v) is 4.52. The zero-order valence-corrected chi connectivity index (χ0v) is 11.6. The van der Waals surface area contributed by atoms with Gasteiger partial charge in [0.25, 0.3) is 0 Å². The number of hydrazine groups is 1. The minimum absolute atomic E-state index is 0.148. The van der Waals surface area contributed by atoms with E-state index in [0.717, 1.165) is 11.3 Å². The highest BCUT2D eigenvalue weighted by Gasteiger charge is 2.31. The van der Waals surface area contributed by atoms with Gasteiger partial charge in [0, 0.05) is 12.8 Å². The van der Waals surface area contributed by atoms with Gasteiger partial charge in [0.15, 0.2) is 0 Å². The van der Waals surface area contributed by atoms with Crippen LogP contribution in [0.25, 0.3) is 0 Å². The normalized spacial score (nSPS) is 13.4. The third-order valence-electron chi connectivity index (χ3n) is 2.76. The molecule has 0 fully saturated rings. The van der Waals surface area contributed by atoms with Gasteiger partial charge in [-0.3, -0.25) is 16.3 Å². The van der Waals surface area contributed by atoms with Gasteiger partial charge in [-0.2, -0.15) is 0 Å². The fourth-order valence-corrected chi connectivity index (χ4v) is 1.99.